The number of amides is 1. The van der Waals surface area contributed by atoms with E-state index in [1.54, 1.807) is 18.3 Å². The van der Waals surface area contributed by atoms with Crippen molar-refractivity contribution >= 4 is 11.6 Å². The SMILES string of the molecule is Cc1cccc(NC(=O)Cn2cc(-c3nc(-c4cccc(C)c4)no3)ccc2=O)c1. The summed E-state index contributed by atoms with van der Waals surface area (Å²) in [6.45, 7) is 3.81. The molecular formula is C23H20N4O3. The molecular weight excluding hydrogens is 380 g/mol. The van der Waals surface area contributed by atoms with Crippen molar-refractivity contribution in [1.29, 1.82) is 0 Å². The summed E-state index contributed by atoms with van der Waals surface area (Å²) < 4.78 is 6.69. The molecule has 0 bridgehead atoms. The molecule has 1 N–H and O–H groups in total. The average molecular weight is 400 g/mol. The van der Waals surface area contributed by atoms with Gasteiger partial charge in [-0.15, -0.1) is 0 Å². The fraction of sp³-hybridized carbons (Fsp3) is 0.130. The lowest BCUT2D eigenvalue weighted by molar-refractivity contribution is -0.116. The van der Waals surface area contributed by atoms with Crippen molar-refractivity contribution in [3.05, 3.63) is 88.3 Å². The molecule has 2 aromatic heterocycles. The molecule has 0 saturated carbocycles. The predicted octanol–water partition coefficient (Wildman–Crippen LogP) is 3.82. The second-order valence-electron chi connectivity index (χ2n) is 7.09. The van der Waals surface area contributed by atoms with Crippen molar-refractivity contribution in [3.63, 3.8) is 0 Å². The molecule has 2 heterocycles. The molecule has 7 heteroatoms. The number of anilines is 1. The first-order valence-corrected chi connectivity index (χ1v) is 9.46. The van der Waals surface area contributed by atoms with Gasteiger partial charge in [-0.05, 0) is 43.7 Å². The van der Waals surface area contributed by atoms with Gasteiger partial charge in [-0.2, -0.15) is 4.98 Å². The number of rotatable bonds is 5. The smallest absolute Gasteiger partial charge is 0.259 e. The molecule has 1 amide bonds. The zero-order valence-corrected chi connectivity index (χ0v) is 16.6. The van der Waals surface area contributed by atoms with Gasteiger partial charge in [0.25, 0.3) is 11.4 Å². The van der Waals surface area contributed by atoms with Gasteiger partial charge in [-0.25, -0.2) is 0 Å². The van der Waals surface area contributed by atoms with Crippen LogP contribution in [-0.4, -0.2) is 20.6 Å². The monoisotopic (exact) mass is 400 g/mol. The fourth-order valence-electron chi connectivity index (χ4n) is 3.10. The van der Waals surface area contributed by atoms with Crippen LogP contribution in [0, 0.1) is 13.8 Å². The van der Waals surface area contributed by atoms with Gasteiger partial charge in [0.15, 0.2) is 0 Å². The van der Waals surface area contributed by atoms with E-state index in [2.05, 4.69) is 15.5 Å². The molecule has 0 aliphatic rings. The van der Waals surface area contributed by atoms with Crippen LogP contribution in [0.15, 0.2) is 76.2 Å². The van der Waals surface area contributed by atoms with Crippen LogP contribution in [0.3, 0.4) is 0 Å². The molecule has 0 aliphatic heterocycles. The van der Waals surface area contributed by atoms with E-state index in [0.717, 1.165) is 16.7 Å². The van der Waals surface area contributed by atoms with Crippen molar-refractivity contribution in [3.8, 4) is 22.8 Å². The first-order chi connectivity index (χ1) is 14.5. The van der Waals surface area contributed by atoms with Crippen LogP contribution in [0.25, 0.3) is 22.8 Å². The lowest BCUT2D eigenvalue weighted by Gasteiger charge is -2.08. The van der Waals surface area contributed by atoms with Crippen molar-refractivity contribution in [2.75, 3.05) is 5.32 Å². The van der Waals surface area contributed by atoms with Gasteiger partial charge in [0.1, 0.15) is 6.54 Å². The zero-order valence-electron chi connectivity index (χ0n) is 16.6. The van der Waals surface area contributed by atoms with Crippen LogP contribution in [0.5, 0.6) is 0 Å². The first-order valence-electron chi connectivity index (χ1n) is 9.46. The van der Waals surface area contributed by atoms with Crippen LogP contribution >= 0.6 is 0 Å². The number of aryl methyl sites for hydroxylation is 2. The summed E-state index contributed by atoms with van der Waals surface area (Å²) in [5, 5.41) is 6.83. The van der Waals surface area contributed by atoms with Gasteiger partial charge < -0.3 is 14.4 Å². The van der Waals surface area contributed by atoms with Crippen molar-refractivity contribution in [2.45, 2.75) is 20.4 Å². The van der Waals surface area contributed by atoms with E-state index in [1.807, 2.05) is 56.3 Å². The molecule has 0 aliphatic carbocycles. The molecule has 30 heavy (non-hydrogen) atoms. The maximum absolute atomic E-state index is 12.4. The van der Waals surface area contributed by atoms with Crippen molar-refractivity contribution in [1.82, 2.24) is 14.7 Å². The third-order valence-corrected chi connectivity index (χ3v) is 4.55. The molecule has 4 rings (SSSR count). The molecule has 0 unspecified atom stereocenters. The summed E-state index contributed by atoms with van der Waals surface area (Å²) in [6, 6.07) is 18.2. The Morgan fingerprint density at radius 3 is 2.53 bits per heavy atom. The second-order valence-corrected chi connectivity index (χ2v) is 7.09. The third-order valence-electron chi connectivity index (χ3n) is 4.55. The number of hydrogen-bond donors (Lipinski definition) is 1. The zero-order chi connectivity index (χ0) is 21.1. The number of pyridine rings is 1. The summed E-state index contributed by atoms with van der Waals surface area (Å²) >= 11 is 0. The van der Waals surface area contributed by atoms with E-state index >= 15 is 0 Å². The van der Waals surface area contributed by atoms with Gasteiger partial charge in [-0.3, -0.25) is 9.59 Å². The molecule has 7 nitrogen and oxygen atoms in total. The Kier molecular flexibility index (Phi) is 5.26. The number of aromatic nitrogens is 3. The van der Waals surface area contributed by atoms with Gasteiger partial charge >= 0.3 is 0 Å². The van der Waals surface area contributed by atoms with Gasteiger partial charge in [-0.1, -0.05) is 41.1 Å². The Labute approximate surface area is 173 Å². The molecule has 2 aromatic carbocycles. The first kappa shape index (κ1) is 19.3. The summed E-state index contributed by atoms with van der Waals surface area (Å²) in [5.41, 5.74) is 3.92. The van der Waals surface area contributed by atoms with Gasteiger partial charge in [0.2, 0.25) is 11.7 Å². The van der Waals surface area contributed by atoms with Crippen LogP contribution in [-0.2, 0) is 11.3 Å². The van der Waals surface area contributed by atoms with Crippen LogP contribution in [0.2, 0.25) is 0 Å². The van der Waals surface area contributed by atoms with Crippen molar-refractivity contribution < 1.29 is 9.32 Å². The molecule has 0 spiro atoms. The summed E-state index contributed by atoms with van der Waals surface area (Å²) in [5.74, 6) is 0.439. The maximum atomic E-state index is 12.4. The van der Waals surface area contributed by atoms with E-state index in [-0.39, 0.29) is 23.9 Å². The second kappa shape index (κ2) is 8.16. The molecule has 150 valence electrons. The lowest BCUT2D eigenvalue weighted by Crippen LogP contribution is -2.26. The summed E-state index contributed by atoms with van der Waals surface area (Å²) in [6.07, 6.45) is 1.55. The van der Waals surface area contributed by atoms with E-state index in [9.17, 15) is 9.59 Å². The Morgan fingerprint density at radius 2 is 1.77 bits per heavy atom. The van der Waals surface area contributed by atoms with E-state index < -0.39 is 0 Å². The fourth-order valence-corrected chi connectivity index (χ4v) is 3.10. The molecule has 0 fully saturated rings. The Bertz CT molecular complexity index is 1270. The normalized spacial score (nSPS) is 10.7. The standard InChI is InChI=1S/C23H20N4O3/c1-15-5-3-7-17(11-15)22-25-23(30-26-22)18-9-10-21(29)27(13-18)14-20(28)24-19-8-4-6-16(2)12-19/h3-13H,14H2,1-2H3,(H,24,28). The Hall–Kier alpha value is -4.00. The maximum Gasteiger partial charge on any atom is 0.259 e. The third kappa shape index (κ3) is 4.35. The highest BCUT2D eigenvalue weighted by atomic mass is 16.5. The van der Waals surface area contributed by atoms with Crippen LogP contribution < -0.4 is 10.9 Å². The number of carbonyl (C=O) groups is 1. The van der Waals surface area contributed by atoms with Crippen LogP contribution in [0.4, 0.5) is 5.69 Å². The van der Waals surface area contributed by atoms with Crippen LogP contribution in [0.1, 0.15) is 11.1 Å². The predicted molar refractivity (Wildman–Crippen MR) is 114 cm³/mol. The molecule has 4 aromatic rings. The number of benzene rings is 2. The van der Waals surface area contributed by atoms with Crippen molar-refractivity contribution in [2.24, 2.45) is 0 Å². The highest BCUT2D eigenvalue weighted by Gasteiger charge is 2.13. The topological polar surface area (TPSA) is 90.0 Å². The molecule has 0 radical (unpaired) electrons. The average Bonchev–Trinajstić information content (AvgIpc) is 3.20. The highest BCUT2D eigenvalue weighted by Crippen LogP contribution is 2.22. The minimum absolute atomic E-state index is 0.126. The quantitative estimate of drug-likeness (QED) is 0.550. The minimum atomic E-state index is -0.300. The minimum Gasteiger partial charge on any atom is -0.334 e. The largest absolute Gasteiger partial charge is 0.334 e. The number of carbonyl (C=O) groups excluding carboxylic acids is 1. The van der Waals surface area contributed by atoms with Gasteiger partial charge in [0, 0.05) is 23.5 Å². The highest BCUT2D eigenvalue weighted by molar-refractivity contribution is 5.90. The number of nitrogens with one attached hydrogen (secondary N) is 1. The summed E-state index contributed by atoms with van der Waals surface area (Å²) in [7, 11) is 0. The van der Waals surface area contributed by atoms with E-state index in [1.165, 1.54) is 10.6 Å². The lowest BCUT2D eigenvalue weighted by atomic mass is 10.1. The Balaban J connectivity index is 1.55. The summed E-state index contributed by atoms with van der Waals surface area (Å²) in [4.78, 5) is 29.0. The number of nitrogens with zero attached hydrogens (tertiary/aromatic N) is 3. The Morgan fingerprint density at radius 1 is 1.00 bits per heavy atom. The van der Waals surface area contributed by atoms with E-state index in [0.29, 0.717) is 17.1 Å². The number of hydrogen-bond acceptors (Lipinski definition) is 5. The molecule has 0 saturated heterocycles. The molecule has 0 atom stereocenters. The van der Waals surface area contributed by atoms with E-state index in [4.69, 9.17) is 4.52 Å². The van der Waals surface area contributed by atoms with Gasteiger partial charge in [0.05, 0.1) is 5.56 Å².